The van der Waals surface area contributed by atoms with Crippen LogP contribution in [0.4, 0.5) is 0 Å². The van der Waals surface area contributed by atoms with E-state index in [0.29, 0.717) is 10.2 Å². The van der Waals surface area contributed by atoms with E-state index < -0.39 is 0 Å². The van der Waals surface area contributed by atoms with Gasteiger partial charge in [-0.1, -0.05) is 37.8 Å². The molecule has 1 rings (SSSR count). The maximum absolute atomic E-state index is 11.0. The Morgan fingerprint density at radius 3 is 2.50 bits per heavy atom. The second kappa shape index (κ2) is 2.88. The van der Waals surface area contributed by atoms with Crippen molar-refractivity contribution in [3.8, 4) is 0 Å². The summed E-state index contributed by atoms with van der Waals surface area (Å²) in [6.45, 7) is 4.04. The molecule has 0 radical (unpaired) electrons. The van der Waals surface area contributed by atoms with Crippen LogP contribution in [0.5, 0.6) is 0 Å². The highest BCUT2D eigenvalue weighted by Gasteiger charge is 2.31. The number of hydrogen-bond acceptors (Lipinski definition) is 3. The summed E-state index contributed by atoms with van der Waals surface area (Å²) in [5, 5.41) is 2.64. The fourth-order valence-corrected chi connectivity index (χ4v) is 2.05. The third-order valence-electron chi connectivity index (χ3n) is 1.32. The van der Waals surface area contributed by atoms with Crippen LogP contribution < -0.4 is 5.32 Å². The Morgan fingerprint density at radius 2 is 2.30 bits per heavy atom. The molecule has 1 amide bonds. The summed E-state index contributed by atoms with van der Waals surface area (Å²) in [4.78, 5) is 11.0. The molecule has 4 heteroatoms. The molecule has 0 aromatic rings. The van der Waals surface area contributed by atoms with Crippen LogP contribution in [0.25, 0.3) is 0 Å². The molecule has 10 heavy (non-hydrogen) atoms. The molecule has 1 fully saturated rings. The van der Waals surface area contributed by atoms with Gasteiger partial charge in [0.1, 0.15) is 4.32 Å². The Kier molecular flexibility index (Phi) is 2.31. The van der Waals surface area contributed by atoms with Gasteiger partial charge in [-0.15, -0.1) is 0 Å². The van der Waals surface area contributed by atoms with Gasteiger partial charge in [-0.05, 0) is 5.92 Å². The lowest BCUT2D eigenvalue weighted by molar-refractivity contribution is -0.119. The van der Waals surface area contributed by atoms with Crippen molar-refractivity contribution in [1.82, 2.24) is 5.32 Å². The zero-order chi connectivity index (χ0) is 7.72. The molecule has 56 valence electrons. The van der Waals surface area contributed by atoms with Crippen molar-refractivity contribution >= 4 is 34.2 Å². The smallest absolute Gasteiger partial charge is 0.239 e. The van der Waals surface area contributed by atoms with Crippen molar-refractivity contribution in [3.05, 3.63) is 0 Å². The van der Waals surface area contributed by atoms with Crippen LogP contribution in [0.15, 0.2) is 0 Å². The van der Waals surface area contributed by atoms with Crippen molar-refractivity contribution < 1.29 is 4.79 Å². The molecule has 1 N–H and O–H groups in total. The van der Waals surface area contributed by atoms with Gasteiger partial charge in [0.25, 0.3) is 0 Å². The van der Waals surface area contributed by atoms with Gasteiger partial charge in [-0.2, -0.15) is 0 Å². The van der Waals surface area contributed by atoms with E-state index in [4.69, 9.17) is 12.2 Å². The summed E-state index contributed by atoms with van der Waals surface area (Å²) < 4.78 is 0.615. The summed E-state index contributed by atoms with van der Waals surface area (Å²) in [6.07, 6.45) is 0. The maximum atomic E-state index is 11.0. The van der Waals surface area contributed by atoms with Crippen molar-refractivity contribution in [2.75, 3.05) is 0 Å². The summed E-state index contributed by atoms with van der Waals surface area (Å²) >= 11 is 6.28. The Hall–Kier alpha value is -0.0900. The van der Waals surface area contributed by atoms with Crippen LogP contribution in [0.3, 0.4) is 0 Å². The molecule has 0 aromatic heterocycles. The van der Waals surface area contributed by atoms with Crippen LogP contribution in [-0.4, -0.2) is 15.5 Å². The van der Waals surface area contributed by atoms with E-state index in [-0.39, 0.29) is 11.2 Å². The fourth-order valence-electron chi connectivity index (χ4n) is 0.809. The van der Waals surface area contributed by atoms with Crippen LogP contribution in [0.2, 0.25) is 0 Å². The molecule has 1 aliphatic rings. The molecule has 1 atom stereocenters. The van der Waals surface area contributed by atoms with Crippen LogP contribution in [0.1, 0.15) is 13.8 Å². The van der Waals surface area contributed by atoms with Crippen LogP contribution >= 0.6 is 24.0 Å². The monoisotopic (exact) mass is 175 g/mol. The molecule has 1 aliphatic heterocycles. The normalized spacial score (nSPS) is 25.7. The molecule has 2 nitrogen and oxygen atoms in total. The van der Waals surface area contributed by atoms with Gasteiger partial charge in [-0.25, -0.2) is 0 Å². The number of thioether (sulfide) groups is 1. The molecule has 0 bridgehead atoms. The highest BCUT2D eigenvalue weighted by Crippen LogP contribution is 2.25. The van der Waals surface area contributed by atoms with Gasteiger partial charge in [0.2, 0.25) is 5.91 Å². The molecule has 1 saturated heterocycles. The van der Waals surface area contributed by atoms with Gasteiger partial charge in [-0.3, -0.25) is 4.79 Å². The van der Waals surface area contributed by atoms with E-state index >= 15 is 0 Å². The SMILES string of the molecule is CC(C)C1SC(=S)NC1=O. The summed E-state index contributed by atoms with van der Waals surface area (Å²) in [6, 6.07) is 0. The quantitative estimate of drug-likeness (QED) is 0.606. The number of carbonyl (C=O) groups excluding carboxylic acids is 1. The first-order valence-electron chi connectivity index (χ1n) is 3.12. The zero-order valence-electron chi connectivity index (χ0n) is 5.88. The molecule has 1 unspecified atom stereocenters. The Bertz CT molecular complexity index is 179. The molecule has 0 saturated carbocycles. The van der Waals surface area contributed by atoms with E-state index in [1.807, 2.05) is 13.8 Å². The first kappa shape index (κ1) is 8.01. The molecule has 0 spiro atoms. The van der Waals surface area contributed by atoms with Gasteiger partial charge in [0.05, 0.1) is 5.25 Å². The minimum Gasteiger partial charge on any atom is -0.311 e. The summed E-state index contributed by atoms with van der Waals surface area (Å²) in [7, 11) is 0. The van der Waals surface area contributed by atoms with Gasteiger partial charge in [0, 0.05) is 0 Å². The van der Waals surface area contributed by atoms with Crippen molar-refractivity contribution in [1.29, 1.82) is 0 Å². The first-order chi connectivity index (χ1) is 4.61. The van der Waals surface area contributed by atoms with Crippen molar-refractivity contribution in [3.63, 3.8) is 0 Å². The molecular formula is C6H9NOS2. The van der Waals surface area contributed by atoms with Gasteiger partial charge >= 0.3 is 0 Å². The third kappa shape index (κ3) is 1.49. The number of rotatable bonds is 1. The van der Waals surface area contributed by atoms with Crippen LogP contribution in [0, 0.1) is 5.92 Å². The Morgan fingerprint density at radius 1 is 1.70 bits per heavy atom. The topological polar surface area (TPSA) is 29.1 Å². The fraction of sp³-hybridized carbons (Fsp3) is 0.667. The average Bonchev–Trinajstić information content (AvgIpc) is 2.10. The Labute approximate surface area is 69.8 Å². The summed E-state index contributed by atoms with van der Waals surface area (Å²) in [5.41, 5.74) is 0. The van der Waals surface area contributed by atoms with E-state index in [1.165, 1.54) is 11.8 Å². The minimum absolute atomic E-state index is 0.0347. The first-order valence-corrected chi connectivity index (χ1v) is 4.41. The lowest BCUT2D eigenvalue weighted by atomic mass is 10.1. The van der Waals surface area contributed by atoms with Gasteiger partial charge < -0.3 is 5.32 Å². The standard InChI is InChI=1S/C6H9NOS2/c1-3(2)4-5(8)7-6(9)10-4/h3-4H,1-2H3,(H,7,8,9). The van der Waals surface area contributed by atoms with Crippen LogP contribution in [-0.2, 0) is 4.79 Å². The minimum atomic E-state index is 0.0347. The van der Waals surface area contributed by atoms with E-state index in [2.05, 4.69) is 5.32 Å². The number of thiocarbonyl (C=S) groups is 1. The van der Waals surface area contributed by atoms with Crippen molar-refractivity contribution in [2.24, 2.45) is 5.92 Å². The second-order valence-electron chi connectivity index (χ2n) is 2.56. The molecular weight excluding hydrogens is 166 g/mol. The number of amides is 1. The van der Waals surface area contributed by atoms with E-state index in [9.17, 15) is 4.79 Å². The number of hydrogen-bond donors (Lipinski definition) is 1. The molecule has 0 aliphatic carbocycles. The molecule has 0 aromatic carbocycles. The predicted octanol–water partition coefficient (Wildman–Crippen LogP) is 1.16. The zero-order valence-corrected chi connectivity index (χ0v) is 7.51. The lowest BCUT2D eigenvalue weighted by Crippen LogP contribution is -2.27. The van der Waals surface area contributed by atoms with Gasteiger partial charge in [0.15, 0.2) is 0 Å². The third-order valence-corrected chi connectivity index (χ3v) is 3.04. The second-order valence-corrected chi connectivity index (χ2v) is 4.38. The summed E-state index contributed by atoms with van der Waals surface area (Å²) in [5.74, 6) is 0.426. The Balaban J connectivity index is 2.63. The number of carbonyl (C=O) groups is 1. The molecule has 1 heterocycles. The number of nitrogens with one attached hydrogen (secondary N) is 1. The van der Waals surface area contributed by atoms with E-state index in [1.54, 1.807) is 0 Å². The maximum Gasteiger partial charge on any atom is 0.239 e. The predicted molar refractivity (Wildman–Crippen MR) is 47.0 cm³/mol. The highest BCUT2D eigenvalue weighted by molar-refractivity contribution is 8.24. The lowest BCUT2D eigenvalue weighted by Gasteiger charge is -2.07. The highest BCUT2D eigenvalue weighted by atomic mass is 32.2. The van der Waals surface area contributed by atoms with E-state index in [0.717, 1.165) is 0 Å². The largest absolute Gasteiger partial charge is 0.311 e. The van der Waals surface area contributed by atoms with Crippen molar-refractivity contribution in [2.45, 2.75) is 19.1 Å². The average molecular weight is 175 g/mol.